The maximum absolute atomic E-state index is 12.5. The number of hydrogen-bond acceptors (Lipinski definition) is 2. The highest BCUT2D eigenvalue weighted by molar-refractivity contribution is 5.90. The topological polar surface area (TPSA) is 49.4 Å². The molecule has 0 aromatic rings. The molecule has 1 rings (SSSR count). The Kier molecular flexibility index (Phi) is 5.63. The van der Waals surface area contributed by atoms with Gasteiger partial charge in [0.25, 0.3) is 0 Å². The molecule has 3 unspecified atom stereocenters. The van der Waals surface area contributed by atoms with E-state index in [0.717, 1.165) is 19.3 Å². The van der Waals surface area contributed by atoms with Gasteiger partial charge in [-0.25, -0.2) is 0 Å². The van der Waals surface area contributed by atoms with Gasteiger partial charge in [-0.05, 0) is 19.3 Å². The van der Waals surface area contributed by atoms with Gasteiger partial charge in [0.05, 0.1) is 0 Å². The molecule has 104 valence electrons. The van der Waals surface area contributed by atoms with Crippen LogP contribution < -0.4 is 5.32 Å². The van der Waals surface area contributed by atoms with Crippen LogP contribution in [0.25, 0.3) is 0 Å². The summed E-state index contributed by atoms with van der Waals surface area (Å²) in [5.74, 6) is 0.284. The molecule has 0 aromatic carbocycles. The number of carbonyl (C=O) groups is 2. The van der Waals surface area contributed by atoms with Crippen molar-refractivity contribution in [3.63, 3.8) is 0 Å². The average molecular weight is 254 g/mol. The number of hydrogen-bond donors (Lipinski definition) is 1. The lowest BCUT2D eigenvalue weighted by atomic mass is 9.97. The fourth-order valence-electron chi connectivity index (χ4n) is 2.45. The molecule has 0 bridgehead atoms. The van der Waals surface area contributed by atoms with Crippen LogP contribution in [0.15, 0.2) is 0 Å². The Morgan fingerprint density at radius 1 is 1.33 bits per heavy atom. The predicted molar refractivity (Wildman–Crippen MR) is 72.1 cm³/mol. The summed E-state index contributed by atoms with van der Waals surface area (Å²) in [6.07, 6.45) is 3.37. The first kappa shape index (κ1) is 15.0. The molecule has 1 saturated heterocycles. The van der Waals surface area contributed by atoms with E-state index in [2.05, 4.69) is 26.1 Å². The Morgan fingerprint density at radius 3 is 2.56 bits per heavy atom. The molecule has 1 aliphatic heterocycles. The van der Waals surface area contributed by atoms with Gasteiger partial charge < -0.3 is 10.2 Å². The zero-order valence-electron chi connectivity index (χ0n) is 12.0. The largest absolute Gasteiger partial charge is 0.344 e. The first-order valence-electron chi connectivity index (χ1n) is 7.11. The monoisotopic (exact) mass is 254 g/mol. The molecule has 1 N–H and O–H groups in total. The minimum atomic E-state index is -0.343. The number of nitrogens with zero attached hydrogens (tertiary/aromatic N) is 1. The molecule has 0 spiro atoms. The molecule has 4 heteroatoms. The van der Waals surface area contributed by atoms with E-state index >= 15 is 0 Å². The predicted octanol–water partition coefficient (Wildman–Crippen LogP) is 1.94. The van der Waals surface area contributed by atoms with Crippen molar-refractivity contribution in [2.45, 2.75) is 65.5 Å². The fraction of sp³-hybridized carbons (Fsp3) is 0.857. The first-order valence-corrected chi connectivity index (χ1v) is 7.11. The first-order chi connectivity index (χ1) is 8.51. The Labute approximate surface area is 110 Å². The summed E-state index contributed by atoms with van der Waals surface area (Å²) in [5, 5.41) is 2.88. The quantitative estimate of drug-likeness (QED) is 0.815. The smallest absolute Gasteiger partial charge is 0.245 e. The maximum atomic E-state index is 12.5. The van der Waals surface area contributed by atoms with Crippen LogP contribution in [0.4, 0.5) is 0 Å². The lowest BCUT2D eigenvalue weighted by molar-refractivity contribution is -0.136. The van der Waals surface area contributed by atoms with Crippen LogP contribution in [0, 0.1) is 5.92 Å². The molecule has 3 atom stereocenters. The molecule has 2 amide bonds. The molecule has 0 saturated carbocycles. The third-order valence-corrected chi connectivity index (χ3v) is 3.90. The van der Waals surface area contributed by atoms with Crippen molar-refractivity contribution in [2.75, 3.05) is 6.54 Å². The van der Waals surface area contributed by atoms with Crippen molar-refractivity contribution >= 4 is 11.8 Å². The van der Waals surface area contributed by atoms with E-state index in [1.54, 1.807) is 0 Å². The molecule has 1 fully saturated rings. The Morgan fingerprint density at radius 2 is 2.00 bits per heavy atom. The third kappa shape index (κ3) is 3.47. The van der Waals surface area contributed by atoms with Gasteiger partial charge in [-0.1, -0.05) is 33.6 Å². The van der Waals surface area contributed by atoms with Crippen molar-refractivity contribution in [3.05, 3.63) is 0 Å². The van der Waals surface area contributed by atoms with Crippen LogP contribution in [-0.4, -0.2) is 35.3 Å². The van der Waals surface area contributed by atoms with E-state index in [1.807, 2.05) is 11.8 Å². The lowest BCUT2D eigenvalue weighted by Gasteiger charge is -2.31. The van der Waals surface area contributed by atoms with Gasteiger partial charge in [-0.3, -0.25) is 9.59 Å². The molecular formula is C14H26N2O2. The van der Waals surface area contributed by atoms with Crippen LogP contribution in [0.2, 0.25) is 0 Å². The molecule has 4 nitrogen and oxygen atoms in total. The van der Waals surface area contributed by atoms with E-state index in [4.69, 9.17) is 0 Å². The SMILES string of the molecule is CCCC(C)N1CCC(=O)NC(C(C)CC)C1=O. The second-order valence-corrected chi connectivity index (χ2v) is 5.35. The van der Waals surface area contributed by atoms with Gasteiger partial charge in [0.1, 0.15) is 6.04 Å². The minimum Gasteiger partial charge on any atom is -0.344 e. The highest BCUT2D eigenvalue weighted by atomic mass is 16.2. The highest BCUT2D eigenvalue weighted by Gasteiger charge is 2.34. The van der Waals surface area contributed by atoms with E-state index in [1.165, 1.54) is 0 Å². The van der Waals surface area contributed by atoms with Gasteiger partial charge in [-0.15, -0.1) is 0 Å². The number of nitrogens with one attached hydrogen (secondary N) is 1. The summed E-state index contributed by atoms with van der Waals surface area (Å²) >= 11 is 0. The lowest BCUT2D eigenvalue weighted by Crippen LogP contribution is -2.50. The summed E-state index contributed by atoms with van der Waals surface area (Å²) in [5.41, 5.74) is 0. The van der Waals surface area contributed by atoms with Gasteiger partial charge >= 0.3 is 0 Å². The third-order valence-electron chi connectivity index (χ3n) is 3.90. The maximum Gasteiger partial charge on any atom is 0.245 e. The van der Waals surface area contributed by atoms with Crippen LogP contribution >= 0.6 is 0 Å². The highest BCUT2D eigenvalue weighted by Crippen LogP contribution is 2.17. The standard InChI is InChI=1S/C14H26N2O2/c1-5-7-11(4)16-9-8-12(17)15-13(14(16)18)10(3)6-2/h10-11,13H,5-9H2,1-4H3,(H,15,17). The summed E-state index contributed by atoms with van der Waals surface area (Å²) in [7, 11) is 0. The van der Waals surface area contributed by atoms with Crippen molar-refractivity contribution in [3.8, 4) is 0 Å². The van der Waals surface area contributed by atoms with Crippen LogP contribution in [0.1, 0.15) is 53.4 Å². The van der Waals surface area contributed by atoms with Crippen LogP contribution in [0.5, 0.6) is 0 Å². The van der Waals surface area contributed by atoms with Gasteiger partial charge in [0, 0.05) is 19.0 Å². The van der Waals surface area contributed by atoms with E-state index in [-0.39, 0.29) is 29.8 Å². The molecule has 0 aliphatic carbocycles. The van der Waals surface area contributed by atoms with Crippen LogP contribution in [0.3, 0.4) is 0 Å². The second kappa shape index (κ2) is 6.76. The fourth-order valence-corrected chi connectivity index (χ4v) is 2.45. The summed E-state index contributed by atoms with van der Waals surface area (Å²) in [4.78, 5) is 26.1. The summed E-state index contributed by atoms with van der Waals surface area (Å²) < 4.78 is 0. The molecule has 1 aliphatic rings. The zero-order chi connectivity index (χ0) is 13.7. The molecule has 18 heavy (non-hydrogen) atoms. The van der Waals surface area contributed by atoms with Crippen molar-refractivity contribution in [1.29, 1.82) is 0 Å². The molecular weight excluding hydrogens is 228 g/mol. The zero-order valence-corrected chi connectivity index (χ0v) is 12.0. The van der Waals surface area contributed by atoms with Crippen LogP contribution in [-0.2, 0) is 9.59 Å². The van der Waals surface area contributed by atoms with E-state index < -0.39 is 0 Å². The van der Waals surface area contributed by atoms with E-state index in [9.17, 15) is 9.59 Å². The number of carbonyl (C=O) groups excluding carboxylic acids is 2. The molecule has 0 aromatic heterocycles. The van der Waals surface area contributed by atoms with Gasteiger partial charge in [-0.2, -0.15) is 0 Å². The van der Waals surface area contributed by atoms with Crippen molar-refractivity contribution in [2.24, 2.45) is 5.92 Å². The normalized spacial score (nSPS) is 24.4. The Balaban J connectivity index is 2.85. The molecule has 0 radical (unpaired) electrons. The average Bonchev–Trinajstić information content (AvgIpc) is 2.49. The summed E-state index contributed by atoms with van der Waals surface area (Å²) in [6.45, 7) is 8.82. The van der Waals surface area contributed by atoms with Crippen molar-refractivity contribution in [1.82, 2.24) is 10.2 Å². The number of amides is 2. The minimum absolute atomic E-state index is 0.000140. The van der Waals surface area contributed by atoms with Gasteiger partial charge in [0.2, 0.25) is 11.8 Å². The Bertz CT molecular complexity index is 304. The van der Waals surface area contributed by atoms with Gasteiger partial charge in [0.15, 0.2) is 0 Å². The second-order valence-electron chi connectivity index (χ2n) is 5.35. The Hall–Kier alpha value is -1.06. The summed E-state index contributed by atoms with van der Waals surface area (Å²) in [6, 6.07) is -0.119. The van der Waals surface area contributed by atoms with Crippen molar-refractivity contribution < 1.29 is 9.59 Å². The van der Waals surface area contributed by atoms with E-state index in [0.29, 0.717) is 13.0 Å². The molecule has 1 heterocycles. The number of rotatable bonds is 5.